The summed E-state index contributed by atoms with van der Waals surface area (Å²) in [4.78, 5) is 25.7. The molecule has 0 saturated carbocycles. The van der Waals surface area contributed by atoms with Crippen molar-refractivity contribution in [2.45, 2.75) is 31.1 Å². The Morgan fingerprint density at radius 1 is 1.11 bits per heavy atom. The molecule has 0 spiro atoms. The number of nitrogens with zero attached hydrogens (tertiary/aromatic N) is 1. The molecule has 1 heterocycles. The Kier molecular flexibility index (Phi) is 5.25. The number of hydrogen-bond acceptors (Lipinski definition) is 3. The number of carboxylic acids is 1. The van der Waals surface area contributed by atoms with Gasteiger partial charge in [0.15, 0.2) is 0 Å². The Bertz CT molecular complexity index is 932. The molecule has 9 heteroatoms. The SMILES string of the molecule is O=C(O)[C@@H]1CC[C@H](c2ccccc2Cl)N1C(=O)c1cc(O)cc(C(F)(F)F)c1. The first-order valence-electron chi connectivity index (χ1n) is 8.30. The van der Waals surface area contributed by atoms with Crippen LogP contribution in [0.3, 0.4) is 0 Å². The highest BCUT2D eigenvalue weighted by Gasteiger charge is 2.43. The summed E-state index contributed by atoms with van der Waals surface area (Å²) in [5.41, 5.74) is -1.13. The van der Waals surface area contributed by atoms with E-state index in [0.717, 1.165) is 11.0 Å². The van der Waals surface area contributed by atoms with Gasteiger partial charge in [-0.2, -0.15) is 13.2 Å². The number of rotatable bonds is 3. The van der Waals surface area contributed by atoms with Crippen molar-refractivity contribution in [1.82, 2.24) is 4.90 Å². The standard InChI is InChI=1S/C19H15ClF3NO4/c20-14-4-2-1-3-13(14)15-5-6-16(18(27)28)24(15)17(26)10-7-11(19(21,22)23)9-12(25)8-10/h1-4,7-9,15-16,25H,5-6H2,(H,27,28)/t15-,16+/m1/s1. The lowest BCUT2D eigenvalue weighted by Gasteiger charge is -2.29. The number of carbonyl (C=O) groups is 2. The van der Waals surface area contributed by atoms with Gasteiger partial charge in [-0.25, -0.2) is 4.79 Å². The number of halogens is 4. The quantitative estimate of drug-likeness (QED) is 0.777. The third-order valence-electron chi connectivity index (χ3n) is 4.66. The molecule has 5 nitrogen and oxygen atoms in total. The molecule has 0 unspecified atom stereocenters. The number of phenols is 1. The first kappa shape index (κ1) is 20.0. The molecule has 28 heavy (non-hydrogen) atoms. The summed E-state index contributed by atoms with van der Waals surface area (Å²) in [6.45, 7) is 0. The van der Waals surface area contributed by atoms with Crippen LogP contribution in [0.15, 0.2) is 42.5 Å². The third-order valence-corrected chi connectivity index (χ3v) is 5.01. The molecule has 1 aliphatic rings. The fraction of sp³-hybridized carbons (Fsp3) is 0.263. The molecule has 2 aromatic rings. The van der Waals surface area contributed by atoms with Crippen LogP contribution in [0, 0.1) is 0 Å². The van der Waals surface area contributed by atoms with E-state index in [1.807, 2.05) is 0 Å². The minimum absolute atomic E-state index is 0.127. The van der Waals surface area contributed by atoms with Crippen LogP contribution in [0.2, 0.25) is 5.02 Å². The molecule has 1 fully saturated rings. The van der Waals surface area contributed by atoms with Gasteiger partial charge in [0.1, 0.15) is 11.8 Å². The molecule has 2 N–H and O–H groups in total. The minimum atomic E-state index is -4.77. The Balaban J connectivity index is 2.07. The highest BCUT2D eigenvalue weighted by Crippen LogP contribution is 2.41. The van der Waals surface area contributed by atoms with Crippen molar-refractivity contribution in [2.75, 3.05) is 0 Å². The van der Waals surface area contributed by atoms with Crippen LogP contribution in [-0.2, 0) is 11.0 Å². The number of likely N-dealkylation sites (tertiary alicyclic amines) is 1. The number of aromatic hydroxyl groups is 1. The average Bonchev–Trinajstić information content (AvgIpc) is 3.05. The topological polar surface area (TPSA) is 77.8 Å². The summed E-state index contributed by atoms with van der Waals surface area (Å²) in [7, 11) is 0. The van der Waals surface area contributed by atoms with Crippen LogP contribution in [0.4, 0.5) is 13.2 Å². The number of hydrogen-bond donors (Lipinski definition) is 2. The van der Waals surface area contributed by atoms with Gasteiger partial charge in [-0.15, -0.1) is 0 Å². The number of carboxylic acid groups (broad SMARTS) is 1. The van der Waals surface area contributed by atoms with E-state index in [2.05, 4.69) is 0 Å². The van der Waals surface area contributed by atoms with E-state index in [1.54, 1.807) is 24.3 Å². The Labute approximate surface area is 163 Å². The predicted molar refractivity (Wildman–Crippen MR) is 94.1 cm³/mol. The summed E-state index contributed by atoms with van der Waals surface area (Å²) in [6, 6.07) is 6.64. The van der Waals surface area contributed by atoms with Crippen LogP contribution in [-0.4, -0.2) is 33.0 Å². The van der Waals surface area contributed by atoms with Gasteiger partial charge in [-0.05, 0) is 42.7 Å². The molecule has 0 aliphatic carbocycles. The molecular formula is C19H15ClF3NO4. The van der Waals surface area contributed by atoms with Crippen molar-refractivity contribution in [3.05, 3.63) is 64.2 Å². The second-order valence-electron chi connectivity index (χ2n) is 6.45. The number of aliphatic carboxylic acids is 1. The summed E-state index contributed by atoms with van der Waals surface area (Å²) >= 11 is 6.18. The molecule has 1 amide bonds. The van der Waals surface area contributed by atoms with E-state index in [0.29, 0.717) is 22.7 Å². The van der Waals surface area contributed by atoms with Crippen molar-refractivity contribution in [3.8, 4) is 5.75 Å². The summed E-state index contributed by atoms with van der Waals surface area (Å²) in [5.74, 6) is -2.92. The van der Waals surface area contributed by atoms with E-state index in [-0.39, 0.29) is 12.8 Å². The van der Waals surface area contributed by atoms with Crippen LogP contribution >= 0.6 is 11.6 Å². The molecule has 2 atom stereocenters. The Morgan fingerprint density at radius 2 is 1.79 bits per heavy atom. The largest absolute Gasteiger partial charge is 0.508 e. The number of amides is 1. The summed E-state index contributed by atoms with van der Waals surface area (Å²) in [5, 5.41) is 19.5. The normalized spacial score (nSPS) is 19.6. The maximum absolute atomic E-state index is 13.0. The average molecular weight is 414 g/mol. The van der Waals surface area contributed by atoms with E-state index in [1.165, 1.54) is 0 Å². The van der Waals surface area contributed by atoms with Gasteiger partial charge in [0.2, 0.25) is 0 Å². The van der Waals surface area contributed by atoms with Crippen molar-refractivity contribution in [2.24, 2.45) is 0 Å². The molecular weight excluding hydrogens is 399 g/mol. The van der Waals surface area contributed by atoms with Gasteiger partial charge in [0, 0.05) is 10.6 Å². The van der Waals surface area contributed by atoms with Gasteiger partial charge in [0.25, 0.3) is 5.91 Å². The van der Waals surface area contributed by atoms with Crippen molar-refractivity contribution >= 4 is 23.5 Å². The third kappa shape index (κ3) is 3.77. The number of benzene rings is 2. The van der Waals surface area contributed by atoms with Gasteiger partial charge < -0.3 is 15.1 Å². The van der Waals surface area contributed by atoms with Crippen molar-refractivity contribution in [3.63, 3.8) is 0 Å². The van der Waals surface area contributed by atoms with Crippen LogP contribution in [0.25, 0.3) is 0 Å². The van der Waals surface area contributed by atoms with E-state index in [4.69, 9.17) is 11.6 Å². The number of alkyl halides is 3. The zero-order valence-electron chi connectivity index (χ0n) is 14.3. The van der Waals surface area contributed by atoms with Crippen LogP contribution < -0.4 is 0 Å². The van der Waals surface area contributed by atoms with Gasteiger partial charge >= 0.3 is 12.1 Å². The molecule has 1 saturated heterocycles. The zero-order valence-corrected chi connectivity index (χ0v) is 15.0. The molecule has 3 rings (SSSR count). The lowest BCUT2D eigenvalue weighted by Crippen LogP contribution is -2.42. The zero-order chi connectivity index (χ0) is 20.6. The predicted octanol–water partition coefficient (Wildman–Crippen LogP) is 4.49. The Morgan fingerprint density at radius 3 is 2.39 bits per heavy atom. The highest BCUT2D eigenvalue weighted by molar-refractivity contribution is 6.31. The van der Waals surface area contributed by atoms with Crippen molar-refractivity contribution in [1.29, 1.82) is 0 Å². The van der Waals surface area contributed by atoms with Gasteiger partial charge in [-0.3, -0.25) is 4.79 Å². The van der Waals surface area contributed by atoms with E-state index < -0.39 is 47.0 Å². The summed E-state index contributed by atoms with van der Waals surface area (Å²) in [6.07, 6.45) is -4.35. The van der Waals surface area contributed by atoms with Crippen LogP contribution in [0.5, 0.6) is 5.75 Å². The van der Waals surface area contributed by atoms with Gasteiger partial charge in [0.05, 0.1) is 11.6 Å². The fourth-order valence-electron chi connectivity index (χ4n) is 3.43. The second kappa shape index (κ2) is 7.35. The smallest absolute Gasteiger partial charge is 0.416 e. The highest BCUT2D eigenvalue weighted by atomic mass is 35.5. The van der Waals surface area contributed by atoms with E-state index in [9.17, 15) is 33.0 Å². The van der Waals surface area contributed by atoms with E-state index >= 15 is 0 Å². The minimum Gasteiger partial charge on any atom is -0.508 e. The first-order valence-corrected chi connectivity index (χ1v) is 8.68. The monoisotopic (exact) mass is 413 g/mol. The maximum Gasteiger partial charge on any atom is 0.416 e. The second-order valence-corrected chi connectivity index (χ2v) is 6.85. The lowest BCUT2D eigenvalue weighted by atomic mass is 10.0. The lowest BCUT2D eigenvalue weighted by molar-refractivity contribution is -0.142. The number of phenolic OH excluding ortho intramolecular Hbond substituents is 1. The maximum atomic E-state index is 13.0. The first-order chi connectivity index (χ1) is 13.1. The fourth-order valence-corrected chi connectivity index (χ4v) is 3.70. The molecule has 0 bridgehead atoms. The molecule has 148 valence electrons. The molecule has 0 aromatic heterocycles. The summed E-state index contributed by atoms with van der Waals surface area (Å²) < 4.78 is 39.1. The van der Waals surface area contributed by atoms with Crippen LogP contribution in [0.1, 0.15) is 40.4 Å². The molecule has 0 radical (unpaired) electrons. The molecule has 2 aromatic carbocycles. The van der Waals surface area contributed by atoms with Crippen molar-refractivity contribution < 1.29 is 33.0 Å². The molecule has 1 aliphatic heterocycles. The number of carbonyl (C=O) groups excluding carboxylic acids is 1. The van der Waals surface area contributed by atoms with Gasteiger partial charge in [-0.1, -0.05) is 29.8 Å². The Hall–Kier alpha value is -2.74.